The summed E-state index contributed by atoms with van der Waals surface area (Å²) in [6.45, 7) is 4.76. The Bertz CT molecular complexity index is 470. The number of hydrogen-bond acceptors (Lipinski definition) is 4. The minimum atomic E-state index is -4.09. The van der Waals surface area contributed by atoms with E-state index in [1.54, 1.807) is 0 Å². The molecule has 0 radical (unpaired) electrons. The van der Waals surface area contributed by atoms with Gasteiger partial charge in [-0.3, -0.25) is 0 Å². The summed E-state index contributed by atoms with van der Waals surface area (Å²) in [5.74, 6) is 0.997. The van der Waals surface area contributed by atoms with Crippen molar-refractivity contribution in [2.75, 3.05) is 12.4 Å². The fourth-order valence-electron chi connectivity index (χ4n) is 1.70. The van der Waals surface area contributed by atoms with Gasteiger partial charge in [-0.05, 0) is 42.9 Å². The van der Waals surface area contributed by atoms with Crippen molar-refractivity contribution in [3.05, 3.63) is 29.8 Å². The maximum atomic E-state index is 10.4. The van der Waals surface area contributed by atoms with E-state index < -0.39 is 10.1 Å². The van der Waals surface area contributed by atoms with Crippen molar-refractivity contribution in [1.29, 1.82) is 0 Å². The van der Waals surface area contributed by atoms with E-state index in [9.17, 15) is 13.0 Å². The minimum Gasteiger partial charge on any atom is -0.748 e. The van der Waals surface area contributed by atoms with Crippen LogP contribution in [0.3, 0.4) is 0 Å². The molecule has 4 nitrogen and oxygen atoms in total. The van der Waals surface area contributed by atoms with Crippen LogP contribution in [0, 0.1) is 0 Å². The Kier molecular flexibility index (Phi) is 9.76. The number of benzene rings is 1. The van der Waals surface area contributed by atoms with Gasteiger partial charge in [0.15, 0.2) is 0 Å². The van der Waals surface area contributed by atoms with Gasteiger partial charge in [0.05, 0.1) is 16.7 Å². The van der Waals surface area contributed by atoms with Crippen molar-refractivity contribution in [3.63, 3.8) is 0 Å². The smallest absolute Gasteiger partial charge is 0.748 e. The molecule has 1 unspecified atom stereocenters. The molecule has 1 atom stereocenters. The summed E-state index contributed by atoms with van der Waals surface area (Å²) in [4.78, 5) is 0. The van der Waals surface area contributed by atoms with Crippen molar-refractivity contribution >= 4 is 10.1 Å². The molecule has 0 N–H and O–H groups in total. The first kappa shape index (κ1) is 19.9. The molecule has 0 aliphatic heterocycles. The fraction of sp³-hybridized carbons (Fsp3) is 0.571. The average molecular weight is 308 g/mol. The molecule has 20 heavy (non-hydrogen) atoms. The maximum Gasteiger partial charge on any atom is 1.00 e. The summed E-state index contributed by atoms with van der Waals surface area (Å²) < 4.78 is 36.7. The van der Waals surface area contributed by atoms with E-state index in [4.69, 9.17) is 4.74 Å². The van der Waals surface area contributed by atoms with Crippen molar-refractivity contribution in [1.82, 2.24) is 0 Å². The van der Waals surface area contributed by atoms with Gasteiger partial charge in [-0.25, -0.2) is 8.42 Å². The van der Waals surface area contributed by atoms with Gasteiger partial charge in [0.2, 0.25) is 0 Å². The second-order valence-corrected chi connectivity index (χ2v) is 6.22. The van der Waals surface area contributed by atoms with Gasteiger partial charge in [0.25, 0.3) is 0 Å². The van der Waals surface area contributed by atoms with E-state index in [2.05, 4.69) is 13.8 Å². The largest absolute Gasteiger partial charge is 1.00 e. The van der Waals surface area contributed by atoms with Crippen LogP contribution in [0.5, 0.6) is 5.75 Å². The molecule has 0 fully saturated rings. The number of rotatable bonds is 8. The molecule has 1 rings (SSSR count). The van der Waals surface area contributed by atoms with E-state index in [-0.39, 0.29) is 35.3 Å². The van der Waals surface area contributed by atoms with E-state index in [0.717, 1.165) is 12.2 Å². The van der Waals surface area contributed by atoms with Gasteiger partial charge < -0.3 is 9.29 Å². The van der Waals surface area contributed by atoms with Gasteiger partial charge in [0, 0.05) is 5.75 Å². The van der Waals surface area contributed by atoms with Crippen molar-refractivity contribution < 1.29 is 47.3 Å². The standard InChI is InChI=1S/C14H22O4S.Na/c1-3-12(2)13-6-8-14(9-7-13)18-10-4-5-11-19(15,16)17;/h6-9,12H,3-5,10-11H2,1-2H3,(H,15,16,17);/q;+1/p-1. The van der Waals surface area contributed by atoms with Crippen LogP contribution in [0.25, 0.3) is 0 Å². The van der Waals surface area contributed by atoms with Crippen molar-refractivity contribution in [3.8, 4) is 5.75 Å². The maximum absolute atomic E-state index is 10.4. The van der Waals surface area contributed by atoms with Crippen LogP contribution in [0.15, 0.2) is 24.3 Å². The third kappa shape index (κ3) is 8.27. The molecule has 0 saturated carbocycles. The zero-order chi connectivity index (χ0) is 14.3. The Labute approximate surface area is 144 Å². The van der Waals surface area contributed by atoms with Gasteiger partial charge in [-0.1, -0.05) is 26.0 Å². The molecule has 0 aliphatic carbocycles. The first-order valence-corrected chi connectivity index (χ1v) is 8.16. The Morgan fingerprint density at radius 2 is 1.80 bits per heavy atom. The minimum absolute atomic E-state index is 0. The second-order valence-electron chi connectivity index (χ2n) is 4.70. The fourth-order valence-corrected chi connectivity index (χ4v) is 2.26. The van der Waals surface area contributed by atoms with Crippen LogP contribution in [0.4, 0.5) is 0 Å². The van der Waals surface area contributed by atoms with Crippen LogP contribution >= 0.6 is 0 Å². The van der Waals surface area contributed by atoms with Crippen LogP contribution in [0.2, 0.25) is 0 Å². The zero-order valence-corrected chi connectivity index (χ0v) is 15.3. The second kappa shape index (κ2) is 9.79. The predicted octanol–water partition coefficient (Wildman–Crippen LogP) is -0.0917. The van der Waals surface area contributed by atoms with Crippen molar-refractivity contribution in [2.45, 2.75) is 39.0 Å². The molecule has 1 aromatic rings. The Hall–Kier alpha value is -0.0700. The van der Waals surface area contributed by atoms with Crippen LogP contribution in [0.1, 0.15) is 44.6 Å². The average Bonchev–Trinajstić information content (AvgIpc) is 2.37. The third-order valence-corrected chi connectivity index (χ3v) is 3.91. The molecule has 0 heterocycles. The Balaban J connectivity index is 0.00000361. The van der Waals surface area contributed by atoms with Gasteiger partial charge in [0.1, 0.15) is 5.75 Å². The summed E-state index contributed by atoms with van der Waals surface area (Å²) in [7, 11) is -4.09. The summed E-state index contributed by atoms with van der Waals surface area (Å²) in [5, 5.41) is 0. The molecular weight excluding hydrogens is 287 g/mol. The molecule has 0 saturated heterocycles. The van der Waals surface area contributed by atoms with E-state index in [0.29, 0.717) is 25.4 Å². The van der Waals surface area contributed by atoms with Crippen LogP contribution in [-0.4, -0.2) is 25.3 Å². The van der Waals surface area contributed by atoms with E-state index in [1.165, 1.54) is 5.56 Å². The van der Waals surface area contributed by atoms with Crippen LogP contribution < -0.4 is 34.3 Å². The molecule has 0 bridgehead atoms. The molecule has 1 aromatic carbocycles. The molecular formula is C14H21NaO4S. The Morgan fingerprint density at radius 1 is 1.20 bits per heavy atom. The van der Waals surface area contributed by atoms with Gasteiger partial charge in [-0.15, -0.1) is 0 Å². The molecule has 0 spiro atoms. The van der Waals surface area contributed by atoms with E-state index >= 15 is 0 Å². The van der Waals surface area contributed by atoms with Crippen LogP contribution in [-0.2, 0) is 10.1 Å². The molecule has 0 aromatic heterocycles. The summed E-state index contributed by atoms with van der Waals surface area (Å²) in [6, 6.07) is 7.94. The summed E-state index contributed by atoms with van der Waals surface area (Å²) in [6.07, 6.45) is 2.01. The molecule has 0 aliphatic rings. The normalized spacial score (nSPS) is 12.6. The van der Waals surface area contributed by atoms with E-state index in [1.807, 2.05) is 24.3 Å². The van der Waals surface area contributed by atoms with Gasteiger partial charge >= 0.3 is 29.6 Å². The number of ether oxygens (including phenoxy) is 1. The topological polar surface area (TPSA) is 66.4 Å². The quantitative estimate of drug-likeness (QED) is 0.382. The number of unbranched alkanes of at least 4 members (excludes halogenated alkanes) is 1. The summed E-state index contributed by atoms with van der Waals surface area (Å²) in [5.41, 5.74) is 1.28. The zero-order valence-electron chi connectivity index (χ0n) is 12.5. The first-order valence-electron chi connectivity index (χ1n) is 6.58. The molecule has 6 heteroatoms. The third-order valence-electron chi connectivity index (χ3n) is 3.12. The SMILES string of the molecule is CCC(C)c1ccc(OCCCCS(=O)(=O)[O-])cc1.[Na+]. The first-order chi connectivity index (χ1) is 8.92. The van der Waals surface area contributed by atoms with Crippen molar-refractivity contribution in [2.24, 2.45) is 0 Å². The molecule has 0 amide bonds. The van der Waals surface area contributed by atoms with Gasteiger partial charge in [-0.2, -0.15) is 0 Å². The monoisotopic (exact) mass is 308 g/mol. The predicted molar refractivity (Wildman–Crippen MR) is 74.4 cm³/mol. The molecule has 108 valence electrons. The Morgan fingerprint density at radius 3 is 2.30 bits per heavy atom. The number of hydrogen-bond donors (Lipinski definition) is 0. The summed E-state index contributed by atoms with van der Waals surface area (Å²) >= 11 is 0.